The third-order valence-corrected chi connectivity index (χ3v) is 6.47. The molecule has 2 aliphatic heterocycles. The molecule has 0 saturated carbocycles. The van der Waals surface area contributed by atoms with Crippen LogP contribution in [0.25, 0.3) is 0 Å². The molecule has 12 atom stereocenters. The van der Waals surface area contributed by atoms with E-state index in [2.05, 4.69) is 9.50 Å². The minimum absolute atomic E-state index is 0.890. The fourth-order valence-electron chi connectivity index (χ4n) is 3.95. The highest BCUT2D eigenvalue weighted by atomic mass is 32.3. The van der Waals surface area contributed by atoms with E-state index in [1.54, 1.807) is 0 Å². The van der Waals surface area contributed by atoms with Crippen molar-refractivity contribution >= 4 is 28.2 Å². The molecule has 248 valence electrons. The molecule has 2 aliphatic rings. The van der Waals surface area contributed by atoms with Crippen LogP contribution in [0.5, 0.6) is 0 Å². The molecule has 43 heavy (non-hydrogen) atoms. The molecule has 1 fully saturated rings. The fourth-order valence-corrected chi connectivity index (χ4v) is 4.26. The van der Waals surface area contributed by atoms with E-state index in [9.17, 15) is 68.8 Å². The highest BCUT2D eigenvalue weighted by molar-refractivity contribution is 7.80. The summed E-state index contributed by atoms with van der Waals surface area (Å²) in [6.07, 6.45) is -25.0. The van der Waals surface area contributed by atoms with Gasteiger partial charge in [-0.3, -0.25) is 9.35 Å². The number of aliphatic hydroxyl groups is 8. The standard InChI is InChI=1S/C20H31NO21S/c1-4(23)21-7-14(40-20-12(29)10(27)11(28)16(42-20)18(33)34)9(26)6(3-38-43(35,36)37)39-19(7)41-15(13(30)17(31)32)8(25)5(24)2-22/h5-10,12-15,19-20,22,24-30H,2-3H2,1H3,(H,21,23)(H,31,32)(H,33,34)(H,35,36,37)/t5-,6+,7+,8+,9-,10-,12+,13-,14+,15-,19-,20+/m0/s1. The molecular weight excluding hydrogens is 622 g/mol. The Balaban J connectivity index is 2.59. The molecule has 12 N–H and O–H groups in total. The van der Waals surface area contributed by atoms with Crippen LogP contribution in [0.3, 0.4) is 0 Å². The first-order valence-corrected chi connectivity index (χ1v) is 13.3. The van der Waals surface area contributed by atoms with Gasteiger partial charge in [-0.05, 0) is 0 Å². The average Bonchev–Trinajstić information content (AvgIpc) is 2.91. The van der Waals surface area contributed by atoms with E-state index < -0.39 is 127 Å². The van der Waals surface area contributed by atoms with E-state index in [0.717, 1.165) is 6.92 Å². The van der Waals surface area contributed by atoms with Crippen LogP contribution < -0.4 is 5.32 Å². The maximum Gasteiger partial charge on any atom is 0.397 e. The van der Waals surface area contributed by atoms with Gasteiger partial charge in [0.25, 0.3) is 0 Å². The Morgan fingerprint density at radius 3 is 2.14 bits per heavy atom. The zero-order valence-electron chi connectivity index (χ0n) is 21.8. The molecule has 0 aromatic carbocycles. The second-order valence-electron chi connectivity index (χ2n) is 9.14. The van der Waals surface area contributed by atoms with E-state index >= 15 is 0 Å². The first kappa shape index (κ1) is 36.4. The number of hydrogen-bond acceptors (Lipinski definition) is 18. The van der Waals surface area contributed by atoms with Gasteiger partial charge >= 0.3 is 22.3 Å². The lowest BCUT2D eigenvalue weighted by Gasteiger charge is -2.47. The maximum atomic E-state index is 12.1. The summed E-state index contributed by atoms with van der Waals surface area (Å²) >= 11 is 0. The zero-order chi connectivity index (χ0) is 33.0. The molecule has 1 amide bonds. The molecule has 0 unspecified atom stereocenters. The van der Waals surface area contributed by atoms with Crippen LogP contribution in [-0.4, -0.2) is 169 Å². The quantitative estimate of drug-likeness (QED) is 0.0775. The Bertz CT molecular complexity index is 1150. The largest absolute Gasteiger partial charge is 0.506 e. The van der Waals surface area contributed by atoms with Crippen molar-refractivity contribution in [2.75, 3.05) is 13.2 Å². The highest BCUT2D eigenvalue weighted by Gasteiger charge is 2.53. The van der Waals surface area contributed by atoms with Gasteiger partial charge in [0, 0.05) is 6.92 Å². The lowest BCUT2D eigenvalue weighted by molar-refractivity contribution is -0.327. The molecule has 0 spiro atoms. The van der Waals surface area contributed by atoms with Gasteiger partial charge in [-0.15, -0.1) is 0 Å². The van der Waals surface area contributed by atoms with E-state index in [4.69, 9.17) is 28.6 Å². The zero-order valence-corrected chi connectivity index (χ0v) is 22.6. The summed E-state index contributed by atoms with van der Waals surface area (Å²) in [6, 6.07) is -1.93. The number of carbonyl (C=O) groups is 3. The summed E-state index contributed by atoms with van der Waals surface area (Å²) in [5.74, 6) is -7.60. The molecule has 0 radical (unpaired) electrons. The van der Waals surface area contributed by atoms with Crippen molar-refractivity contribution in [1.82, 2.24) is 5.32 Å². The van der Waals surface area contributed by atoms with Gasteiger partial charge in [-0.1, -0.05) is 0 Å². The van der Waals surface area contributed by atoms with Crippen molar-refractivity contribution in [3.63, 3.8) is 0 Å². The first-order chi connectivity index (χ1) is 19.8. The molecule has 23 heteroatoms. The van der Waals surface area contributed by atoms with Crippen LogP contribution in [0.4, 0.5) is 0 Å². The predicted molar refractivity (Wildman–Crippen MR) is 126 cm³/mol. The predicted octanol–water partition coefficient (Wildman–Crippen LogP) is -6.74. The smallest absolute Gasteiger partial charge is 0.397 e. The maximum absolute atomic E-state index is 12.1. The third-order valence-electron chi connectivity index (χ3n) is 6.03. The number of carboxylic acid groups (broad SMARTS) is 2. The van der Waals surface area contributed by atoms with Crippen LogP contribution in [0.2, 0.25) is 0 Å². The SMILES string of the molecule is CC(=O)N[C@H]1[C@H](O[C@@H]([C@H](O)[C@@H](O)CO)[C@H](O)C(=O)O)O[C@H](COS(=O)(=O)O)[C@H](O)[C@@H]1O[C@@H]1OC(C(=O)O)=C(O)[C@H](O)[C@H]1O. The van der Waals surface area contributed by atoms with Crippen molar-refractivity contribution in [3.8, 4) is 0 Å². The number of amides is 1. The second-order valence-corrected chi connectivity index (χ2v) is 10.2. The van der Waals surface area contributed by atoms with Gasteiger partial charge in [-0.25, -0.2) is 13.8 Å². The number of nitrogens with one attached hydrogen (secondary N) is 1. The number of ether oxygens (including phenoxy) is 4. The average molecular weight is 654 g/mol. The number of rotatable bonds is 14. The third kappa shape index (κ3) is 9.11. The summed E-state index contributed by atoms with van der Waals surface area (Å²) < 4.78 is 56.4. The van der Waals surface area contributed by atoms with Crippen LogP contribution in [0, 0.1) is 0 Å². The van der Waals surface area contributed by atoms with Crippen molar-refractivity contribution in [2.45, 2.75) is 80.5 Å². The second kappa shape index (κ2) is 14.8. The summed E-state index contributed by atoms with van der Waals surface area (Å²) in [6.45, 7) is -1.56. The number of hydrogen-bond donors (Lipinski definition) is 12. The normalized spacial score (nSPS) is 32.7. The summed E-state index contributed by atoms with van der Waals surface area (Å²) in [5.41, 5.74) is 0. The fraction of sp³-hybridized carbons (Fsp3) is 0.750. The number of carboxylic acids is 2. The van der Waals surface area contributed by atoms with Crippen LogP contribution in [-0.2, 0) is 47.9 Å². The Hall–Kier alpha value is -2.78. The molecule has 0 aromatic rings. The topological polar surface area (TPSA) is 366 Å². The van der Waals surface area contributed by atoms with Crippen LogP contribution in [0.1, 0.15) is 6.92 Å². The number of aliphatic carboxylic acids is 2. The van der Waals surface area contributed by atoms with E-state index in [1.165, 1.54) is 0 Å². The summed E-state index contributed by atoms with van der Waals surface area (Å²) in [4.78, 5) is 35.0. The van der Waals surface area contributed by atoms with Gasteiger partial charge < -0.3 is 75.3 Å². The molecule has 2 rings (SSSR count). The lowest BCUT2D eigenvalue weighted by atomic mass is 9.95. The van der Waals surface area contributed by atoms with Gasteiger partial charge in [0.05, 0.1) is 13.2 Å². The summed E-state index contributed by atoms with van der Waals surface area (Å²) in [7, 11) is -5.21. The molecule has 0 bridgehead atoms. The Kier molecular flexibility index (Phi) is 12.5. The minimum Gasteiger partial charge on any atom is -0.506 e. The van der Waals surface area contributed by atoms with E-state index in [-0.39, 0.29) is 0 Å². The van der Waals surface area contributed by atoms with Gasteiger partial charge in [-0.2, -0.15) is 8.42 Å². The molecule has 0 aromatic heterocycles. The van der Waals surface area contributed by atoms with Crippen molar-refractivity contribution < 1.29 is 102 Å². The van der Waals surface area contributed by atoms with E-state index in [1.807, 2.05) is 0 Å². The minimum atomic E-state index is -5.21. The van der Waals surface area contributed by atoms with Gasteiger partial charge in [0.15, 0.2) is 18.2 Å². The Labute approximate surface area is 240 Å². The van der Waals surface area contributed by atoms with Gasteiger partial charge in [0.1, 0.15) is 54.9 Å². The van der Waals surface area contributed by atoms with Crippen LogP contribution >= 0.6 is 0 Å². The highest BCUT2D eigenvalue weighted by Crippen LogP contribution is 2.32. The molecule has 2 heterocycles. The van der Waals surface area contributed by atoms with Gasteiger partial charge in [0.2, 0.25) is 18.0 Å². The molecular formula is C20H31NO21S. The Morgan fingerprint density at radius 1 is 1.05 bits per heavy atom. The molecule has 22 nitrogen and oxygen atoms in total. The number of aliphatic hydroxyl groups excluding tert-OH is 8. The van der Waals surface area contributed by atoms with E-state index in [0.29, 0.717) is 0 Å². The van der Waals surface area contributed by atoms with Crippen molar-refractivity contribution in [2.24, 2.45) is 0 Å². The van der Waals surface area contributed by atoms with Crippen molar-refractivity contribution in [1.29, 1.82) is 0 Å². The van der Waals surface area contributed by atoms with Crippen LogP contribution in [0.15, 0.2) is 11.5 Å². The van der Waals surface area contributed by atoms with Crippen molar-refractivity contribution in [3.05, 3.63) is 11.5 Å². The summed E-state index contributed by atoms with van der Waals surface area (Å²) in [5, 5.41) is 101. The molecule has 1 saturated heterocycles. The lowest BCUT2D eigenvalue weighted by Crippen LogP contribution is -2.68. The number of carbonyl (C=O) groups excluding carboxylic acids is 1. The molecule has 0 aliphatic carbocycles. The Morgan fingerprint density at radius 2 is 1.65 bits per heavy atom. The monoisotopic (exact) mass is 653 g/mol. The first-order valence-electron chi connectivity index (χ1n) is 11.9.